The smallest absolute Gasteiger partial charge is 0.242 e. The molecule has 0 aliphatic carbocycles. The Morgan fingerprint density at radius 1 is 1.04 bits per heavy atom. The van der Waals surface area contributed by atoms with Gasteiger partial charge < -0.3 is 5.32 Å². The first-order chi connectivity index (χ1) is 11.3. The van der Waals surface area contributed by atoms with E-state index in [-0.39, 0.29) is 16.1 Å². The Hall–Kier alpha value is -1.83. The van der Waals surface area contributed by atoms with Crippen LogP contribution in [0.5, 0.6) is 0 Å². The van der Waals surface area contributed by atoms with Crippen molar-refractivity contribution in [3.8, 4) is 0 Å². The molecule has 0 bridgehead atoms. The van der Waals surface area contributed by atoms with Crippen LogP contribution >= 0.6 is 11.8 Å². The SMILES string of the molecule is CC(Sc1ccccc1)C(=O)Nc1ccc(S(=O)(=O)N(C)C)cc1. The number of thioether (sulfide) groups is 1. The molecule has 0 saturated heterocycles. The molecule has 0 aliphatic heterocycles. The molecule has 0 spiro atoms. The average molecular weight is 364 g/mol. The van der Waals surface area contributed by atoms with E-state index in [1.165, 1.54) is 38.0 Å². The fourth-order valence-corrected chi connectivity index (χ4v) is 3.71. The Kier molecular flexibility index (Phi) is 6.04. The van der Waals surface area contributed by atoms with Crippen molar-refractivity contribution in [3.05, 3.63) is 54.6 Å². The van der Waals surface area contributed by atoms with Crippen LogP contribution in [0.1, 0.15) is 6.92 Å². The average Bonchev–Trinajstić information content (AvgIpc) is 2.56. The monoisotopic (exact) mass is 364 g/mol. The van der Waals surface area contributed by atoms with Crippen LogP contribution in [0.4, 0.5) is 5.69 Å². The summed E-state index contributed by atoms with van der Waals surface area (Å²) in [6.45, 7) is 1.83. The number of carbonyl (C=O) groups excluding carboxylic acids is 1. The molecule has 2 aromatic carbocycles. The summed E-state index contributed by atoms with van der Waals surface area (Å²) >= 11 is 1.47. The van der Waals surface area contributed by atoms with Gasteiger partial charge in [-0.1, -0.05) is 18.2 Å². The molecule has 0 saturated carbocycles. The highest BCUT2D eigenvalue weighted by molar-refractivity contribution is 8.00. The van der Waals surface area contributed by atoms with E-state index in [2.05, 4.69) is 5.32 Å². The van der Waals surface area contributed by atoms with Crippen molar-refractivity contribution >= 4 is 33.4 Å². The van der Waals surface area contributed by atoms with Crippen LogP contribution in [0.3, 0.4) is 0 Å². The Bertz CT molecular complexity index is 788. The minimum absolute atomic E-state index is 0.132. The second kappa shape index (κ2) is 7.83. The highest BCUT2D eigenvalue weighted by Gasteiger charge is 2.18. The zero-order valence-corrected chi connectivity index (χ0v) is 15.4. The largest absolute Gasteiger partial charge is 0.325 e. The van der Waals surface area contributed by atoms with Crippen molar-refractivity contribution in [1.82, 2.24) is 4.31 Å². The van der Waals surface area contributed by atoms with Crippen molar-refractivity contribution in [1.29, 1.82) is 0 Å². The molecule has 0 heterocycles. The Labute approximate surface area is 147 Å². The lowest BCUT2D eigenvalue weighted by Gasteiger charge is -2.14. The molecule has 2 aromatic rings. The molecule has 7 heteroatoms. The van der Waals surface area contributed by atoms with Gasteiger partial charge >= 0.3 is 0 Å². The minimum Gasteiger partial charge on any atom is -0.325 e. The zero-order chi connectivity index (χ0) is 17.7. The van der Waals surface area contributed by atoms with Crippen molar-refractivity contribution < 1.29 is 13.2 Å². The molecule has 0 radical (unpaired) electrons. The third-order valence-electron chi connectivity index (χ3n) is 3.33. The molecule has 0 aromatic heterocycles. The van der Waals surface area contributed by atoms with E-state index >= 15 is 0 Å². The van der Waals surface area contributed by atoms with Crippen LogP contribution in [0, 0.1) is 0 Å². The Morgan fingerprint density at radius 3 is 2.17 bits per heavy atom. The van der Waals surface area contributed by atoms with Gasteiger partial charge in [-0.15, -0.1) is 11.8 Å². The van der Waals surface area contributed by atoms with E-state index in [0.717, 1.165) is 9.20 Å². The number of hydrogen-bond donors (Lipinski definition) is 1. The maximum Gasteiger partial charge on any atom is 0.242 e. The third kappa shape index (κ3) is 4.59. The summed E-state index contributed by atoms with van der Waals surface area (Å²) in [5.41, 5.74) is 0.568. The molecular formula is C17H20N2O3S2. The Morgan fingerprint density at radius 2 is 1.62 bits per heavy atom. The number of carbonyl (C=O) groups is 1. The highest BCUT2D eigenvalue weighted by Crippen LogP contribution is 2.24. The highest BCUT2D eigenvalue weighted by atomic mass is 32.2. The first-order valence-corrected chi connectivity index (χ1v) is 9.68. The molecule has 24 heavy (non-hydrogen) atoms. The molecule has 0 aliphatic rings. The van der Waals surface area contributed by atoms with Gasteiger partial charge in [-0.2, -0.15) is 0 Å². The van der Waals surface area contributed by atoms with Gasteiger partial charge in [0.1, 0.15) is 0 Å². The predicted octanol–water partition coefficient (Wildman–Crippen LogP) is 3.06. The lowest BCUT2D eigenvalue weighted by molar-refractivity contribution is -0.115. The lowest BCUT2D eigenvalue weighted by Crippen LogP contribution is -2.23. The number of rotatable bonds is 6. The van der Waals surface area contributed by atoms with Crippen molar-refractivity contribution in [2.24, 2.45) is 0 Å². The summed E-state index contributed by atoms with van der Waals surface area (Å²) in [6, 6.07) is 15.8. The minimum atomic E-state index is -3.46. The summed E-state index contributed by atoms with van der Waals surface area (Å²) in [4.78, 5) is 13.5. The number of anilines is 1. The number of nitrogens with one attached hydrogen (secondary N) is 1. The maximum atomic E-state index is 12.2. The van der Waals surface area contributed by atoms with Gasteiger partial charge in [0.25, 0.3) is 0 Å². The fourth-order valence-electron chi connectivity index (χ4n) is 1.92. The predicted molar refractivity (Wildman–Crippen MR) is 97.7 cm³/mol. The van der Waals surface area contributed by atoms with Gasteiger partial charge in [-0.3, -0.25) is 4.79 Å². The second-order valence-electron chi connectivity index (χ2n) is 5.37. The molecule has 5 nitrogen and oxygen atoms in total. The molecule has 1 unspecified atom stereocenters. The molecule has 0 fully saturated rings. The summed E-state index contributed by atoms with van der Waals surface area (Å²) in [5.74, 6) is -0.132. The molecule has 1 atom stereocenters. The zero-order valence-electron chi connectivity index (χ0n) is 13.8. The van der Waals surface area contributed by atoms with Crippen LogP contribution in [-0.4, -0.2) is 38.0 Å². The number of nitrogens with zero attached hydrogens (tertiary/aromatic N) is 1. The lowest BCUT2D eigenvalue weighted by atomic mass is 10.3. The number of benzene rings is 2. The first kappa shape index (κ1) is 18.5. The maximum absolute atomic E-state index is 12.2. The normalized spacial score (nSPS) is 12.8. The summed E-state index contributed by atoms with van der Waals surface area (Å²) in [6.07, 6.45) is 0. The number of amides is 1. The molecule has 128 valence electrons. The third-order valence-corrected chi connectivity index (χ3v) is 6.27. The topological polar surface area (TPSA) is 66.5 Å². The van der Waals surface area contributed by atoms with Gasteiger partial charge in [0.05, 0.1) is 10.1 Å². The van der Waals surface area contributed by atoms with Gasteiger partial charge in [-0.05, 0) is 43.3 Å². The molecule has 1 amide bonds. The molecule has 1 N–H and O–H groups in total. The second-order valence-corrected chi connectivity index (χ2v) is 8.94. The van der Waals surface area contributed by atoms with Crippen LogP contribution < -0.4 is 5.32 Å². The van der Waals surface area contributed by atoms with Gasteiger partial charge in [0.2, 0.25) is 15.9 Å². The number of hydrogen-bond acceptors (Lipinski definition) is 4. The van der Waals surface area contributed by atoms with E-state index < -0.39 is 10.0 Å². The van der Waals surface area contributed by atoms with Crippen LogP contribution in [0.15, 0.2) is 64.4 Å². The van der Waals surface area contributed by atoms with Crippen molar-refractivity contribution in [2.75, 3.05) is 19.4 Å². The van der Waals surface area contributed by atoms with Gasteiger partial charge in [0, 0.05) is 24.7 Å². The van der Waals surface area contributed by atoms with Crippen LogP contribution in [0.25, 0.3) is 0 Å². The van der Waals surface area contributed by atoms with Crippen LogP contribution in [0.2, 0.25) is 0 Å². The fraction of sp³-hybridized carbons (Fsp3) is 0.235. The van der Waals surface area contributed by atoms with Crippen molar-refractivity contribution in [3.63, 3.8) is 0 Å². The Balaban J connectivity index is 2.02. The first-order valence-electron chi connectivity index (χ1n) is 7.36. The van der Waals surface area contributed by atoms with E-state index in [4.69, 9.17) is 0 Å². The molecular weight excluding hydrogens is 344 g/mol. The standard InChI is InChI=1S/C17H20N2O3S2/c1-13(23-15-7-5-4-6-8-15)17(20)18-14-9-11-16(12-10-14)24(21,22)19(2)3/h4-13H,1-3H3,(H,18,20). The van der Waals surface area contributed by atoms with E-state index in [0.29, 0.717) is 5.69 Å². The summed E-state index contributed by atoms with van der Waals surface area (Å²) < 4.78 is 25.2. The van der Waals surface area contributed by atoms with Gasteiger partial charge in [0.15, 0.2) is 0 Å². The quantitative estimate of drug-likeness (QED) is 0.800. The van der Waals surface area contributed by atoms with Crippen molar-refractivity contribution in [2.45, 2.75) is 22.0 Å². The summed E-state index contributed by atoms with van der Waals surface area (Å²) in [7, 11) is -0.503. The van der Waals surface area contributed by atoms with Crippen LogP contribution in [-0.2, 0) is 14.8 Å². The van der Waals surface area contributed by atoms with E-state index in [1.807, 2.05) is 37.3 Å². The van der Waals surface area contributed by atoms with E-state index in [1.54, 1.807) is 12.1 Å². The summed E-state index contributed by atoms with van der Waals surface area (Å²) in [5, 5.41) is 2.54. The van der Waals surface area contributed by atoms with E-state index in [9.17, 15) is 13.2 Å². The number of sulfonamides is 1. The van der Waals surface area contributed by atoms with Gasteiger partial charge in [-0.25, -0.2) is 12.7 Å². The molecule has 2 rings (SSSR count).